The fourth-order valence-electron chi connectivity index (χ4n) is 2.03. The summed E-state index contributed by atoms with van der Waals surface area (Å²) in [5, 5.41) is 3.33. The third-order valence-corrected chi connectivity index (χ3v) is 3.17. The quantitative estimate of drug-likeness (QED) is 0.821. The van der Waals surface area contributed by atoms with Gasteiger partial charge < -0.3 is 19.2 Å². The molecule has 5 heteroatoms. The Morgan fingerprint density at radius 2 is 2.21 bits per heavy atom. The second kappa shape index (κ2) is 7.50. The van der Waals surface area contributed by atoms with E-state index in [9.17, 15) is 0 Å². The van der Waals surface area contributed by atoms with Gasteiger partial charge >= 0.3 is 6.08 Å². The van der Waals surface area contributed by atoms with Crippen LogP contribution in [0, 0.1) is 11.8 Å². The number of nitrogens with zero attached hydrogens (tertiary/aromatic N) is 1. The zero-order valence-corrected chi connectivity index (χ0v) is 11.9. The highest BCUT2D eigenvalue weighted by molar-refractivity contribution is 4.99. The van der Waals surface area contributed by atoms with Crippen LogP contribution >= 0.6 is 0 Å². The van der Waals surface area contributed by atoms with Crippen LogP contribution in [0.3, 0.4) is 0 Å². The van der Waals surface area contributed by atoms with Crippen molar-refractivity contribution in [2.75, 3.05) is 26.4 Å². The van der Waals surface area contributed by atoms with Crippen LogP contribution in [0.5, 0.6) is 6.08 Å². The van der Waals surface area contributed by atoms with Crippen LogP contribution in [-0.4, -0.2) is 31.3 Å². The van der Waals surface area contributed by atoms with Crippen LogP contribution < -0.4 is 10.1 Å². The lowest BCUT2D eigenvalue weighted by atomic mass is 10.0. The van der Waals surface area contributed by atoms with Crippen LogP contribution in [0.15, 0.2) is 10.7 Å². The van der Waals surface area contributed by atoms with E-state index in [1.807, 2.05) is 0 Å². The third-order valence-electron chi connectivity index (χ3n) is 3.17. The highest BCUT2D eigenvalue weighted by Gasteiger charge is 2.15. The number of aromatic nitrogens is 1. The van der Waals surface area contributed by atoms with Crippen LogP contribution in [0.1, 0.15) is 32.4 Å². The van der Waals surface area contributed by atoms with Gasteiger partial charge in [-0.3, -0.25) is 0 Å². The van der Waals surface area contributed by atoms with Gasteiger partial charge in [0.05, 0.1) is 12.3 Å². The Hall–Kier alpha value is -1.07. The highest BCUT2D eigenvalue weighted by Crippen LogP contribution is 2.17. The summed E-state index contributed by atoms with van der Waals surface area (Å²) in [7, 11) is 0. The van der Waals surface area contributed by atoms with Crippen molar-refractivity contribution < 1.29 is 13.9 Å². The predicted octanol–water partition coefficient (Wildman–Crippen LogP) is 2.23. The standard InChI is InChI=1S/C14H24N2O3/c1-11(2)7-15-8-13-10-19-14(16-13)18-9-12-3-5-17-6-4-12/h10-12,15H,3-9H2,1-2H3. The van der Waals surface area contributed by atoms with E-state index < -0.39 is 0 Å². The SMILES string of the molecule is CC(C)CNCc1coc(OCC2CCOCC2)n1. The van der Waals surface area contributed by atoms with Crippen LogP contribution in [0.2, 0.25) is 0 Å². The molecule has 5 nitrogen and oxygen atoms in total. The number of hydrogen-bond donors (Lipinski definition) is 1. The molecule has 1 fully saturated rings. The first kappa shape index (κ1) is 14.3. The van der Waals surface area contributed by atoms with Crippen molar-refractivity contribution in [2.24, 2.45) is 11.8 Å². The van der Waals surface area contributed by atoms with Gasteiger partial charge in [-0.15, -0.1) is 0 Å². The molecule has 0 aromatic carbocycles. The molecule has 2 rings (SSSR count). The molecular formula is C14H24N2O3. The molecule has 1 aliphatic heterocycles. The van der Waals surface area contributed by atoms with Gasteiger partial charge in [-0.2, -0.15) is 4.98 Å². The molecule has 0 atom stereocenters. The smallest absolute Gasteiger partial charge is 0.393 e. The van der Waals surface area contributed by atoms with E-state index in [0.717, 1.165) is 44.8 Å². The summed E-state index contributed by atoms with van der Waals surface area (Å²) in [6.45, 7) is 8.40. The Balaban J connectivity index is 1.68. The second-order valence-corrected chi connectivity index (χ2v) is 5.50. The molecular weight excluding hydrogens is 244 g/mol. The molecule has 2 heterocycles. The Kier molecular flexibility index (Phi) is 5.66. The Morgan fingerprint density at radius 1 is 1.42 bits per heavy atom. The van der Waals surface area contributed by atoms with Gasteiger partial charge in [0.25, 0.3) is 0 Å². The molecule has 0 radical (unpaired) electrons. The van der Waals surface area contributed by atoms with Crippen LogP contribution in [0.4, 0.5) is 0 Å². The summed E-state index contributed by atoms with van der Waals surface area (Å²) in [5.41, 5.74) is 0.891. The average molecular weight is 268 g/mol. The topological polar surface area (TPSA) is 56.5 Å². The summed E-state index contributed by atoms with van der Waals surface area (Å²) in [6.07, 6.45) is 4.16. The van der Waals surface area contributed by atoms with E-state index in [2.05, 4.69) is 24.1 Å². The first-order chi connectivity index (χ1) is 9.24. The predicted molar refractivity (Wildman–Crippen MR) is 72.1 cm³/mol. The highest BCUT2D eigenvalue weighted by atomic mass is 16.6. The van der Waals surface area contributed by atoms with E-state index in [-0.39, 0.29) is 0 Å². The molecule has 1 saturated heterocycles. The van der Waals surface area contributed by atoms with E-state index in [0.29, 0.717) is 24.5 Å². The average Bonchev–Trinajstić information content (AvgIpc) is 2.85. The molecule has 108 valence electrons. The zero-order chi connectivity index (χ0) is 13.5. The van der Waals surface area contributed by atoms with Crippen molar-refractivity contribution in [3.05, 3.63) is 12.0 Å². The molecule has 0 bridgehead atoms. The molecule has 0 spiro atoms. The largest absolute Gasteiger partial charge is 0.450 e. The van der Waals surface area contributed by atoms with Gasteiger partial charge in [-0.05, 0) is 31.2 Å². The fourth-order valence-corrected chi connectivity index (χ4v) is 2.03. The summed E-state index contributed by atoms with van der Waals surface area (Å²) in [6, 6.07) is 0. The molecule has 0 aliphatic carbocycles. The monoisotopic (exact) mass is 268 g/mol. The van der Waals surface area contributed by atoms with Gasteiger partial charge in [0.15, 0.2) is 0 Å². The van der Waals surface area contributed by atoms with Gasteiger partial charge in [0.2, 0.25) is 0 Å². The maximum Gasteiger partial charge on any atom is 0.393 e. The summed E-state index contributed by atoms with van der Waals surface area (Å²) < 4.78 is 16.2. The van der Waals surface area contributed by atoms with Crippen molar-refractivity contribution in [3.8, 4) is 6.08 Å². The minimum atomic E-state index is 0.382. The second-order valence-electron chi connectivity index (χ2n) is 5.50. The Morgan fingerprint density at radius 3 is 2.95 bits per heavy atom. The molecule has 1 aliphatic rings. The van der Waals surface area contributed by atoms with Gasteiger partial charge in [-0.25, -0.2) is 0 Å². The maximum absolute atomic E-state index is 5.59. The van der Waals surface area contributed by atoms with Gasteiger partial charge in [-0.1, -0.05) is 13.8 Å². The molecule has 1 aromatic heterocycles. The van der Waals surface area contributed by atoms with Crippen molar-refractivity contribution in [1.82, 2.24) is 10.3 Å². The lowest BCUT2D eigenvalue weighted by Crippen LogP contribution is -2.21. The lowest BCUT2D eigenvalue weighted by Gasteiger charge is -2.20. The molecule has 1 aromatic rings. The summed E-state index contributed by atoms with van der Waals surface area (Å²) in [5.74, 6) is 1.19. The maximum atomic E-state index is 5.59. The van der Waals surface area contributed by atoms with Gasteiger partial charge in [0, 0.05) is 19.8 Å². The minimum absolute atomic E-state index is 0.382. The van der Waals surface area contributed by atoms with Crippen LogP contribution in [0.25, 0.3) is 0 Å². The third kappa shape index (κ3) is 5.20. The molecule has 1 N–H and O–H groups in total. The lowest BCUT2D eigenvalue weighted by molar-refractivity contribution is 0.0445. The van der Waals surface area contributed by atoms with Crippen molar-refractivity contribution in [1.29, 1.82) is 0 Å². The first-order valence-corrected chi connectivity index (χ1v) is 7.09. The Bertz CT molecular complexity index is 359. The van der Waals surface area contributed by atoms with Crippen molar-refractivity contribution in [3.63, 3.8) is 0 Å². The number of oxazole rings is 1. The van der Waals surface area contributed by atoms with E-state index in [1.165, 1.54) is 0 Å². The number of ether oxygens (including phenoxy) is 2. The number of rotatable bonds is 7. The fraction of sp³-hybridized carbons (Fsp3) is 0.786. The first-order valence-electron chi connectivity index (χ1n) is 7.09. The van der Waals surface area contributed by atoms with Crippen molar-refractivity contribution in [2.45, 2.75) is 33.2 Å². The van der Waals surface area contributed by atoms with E-state index in [4.69, 9.17) is 13.9 Å². The molecule has 0 saturated carbocycles. The van der Waals surface area contributed by atoms with Gasteiger partial charge in [0.1, 0.15) is 6.26 Å². The zero-order valence-electron chi connectivity index (χ0n) is 11.9. The normalized spacial score (nSPS) is 17.0. The Labute approximate surface area is 114 Å². The van der Waals surface area contributed by atoms with Crippen molar-refractivity contribution >= 4 is 0 Å². The summed E-state index contributed by atoms with van der Waals surface area (Å²) in [4.78, 5) is 4.31. The minimum Gasteiger partial charge on any atom is -0.450 e. The molecule has 0 unspecified atom stereocenters. The number of nitrogens with one attached hydrogen (secondary N) is 1. The number of hydrogen-bond acceptors (Lipinski definition) is 5. The summed E-state index contributed by atoms with van der Waals surface area (Å²) >= 11 is 0. The molecule has 19 heavy (non-hydrogen) atoms. The van der Waals surface area contributed by atoms with E-state index >= 15 is 0 Å². The van der Waals surface area contributed by atoms with E-state index in [1.54, 1.807) is 6.26 Å². The molecule has 0 amide bonds. The van der Waals surface area contributed by atoms with Crippen LogP contribution in [-0.2, 0) is 11.3 Å².